The van der Waals surface area contributed by atoms with E-state index in [4.69, 9.17) is 0 Å². The van der Waals surface area contributed by atoms with Crippen LogP contribution in [0.3, 0.4) is 0 Å². The molecule has 1 aromatic heterocycles. The molecule has 136 valence electrons. The van der Waals surface area contributed by atoms with Crippen molar-refractivity contribution in [3.05, 3.63) is 34.9 Å². The van der Waals surface area contributed by atoms with Gasteiger partial charge in [-0.15, -0.1) is 0 Å². The Balaban J connectivity index is 2.25. The summed E-state index contributed by atoms with van der Waals surface area (Å²) in [4.78, 5) is 8.79. The number of hydrogen-bond donors (Lipinski definition) is 3. The summed E-state index contributed by atoms with van der Waals surface area (Å²) in [5, 5.41) is 15.6. The number of halogens is 1. The molecule has 2 rings (SSSR count). The van der Waals surface area contributed by atoms with E-state index in [9.17, 15) is 13.5 Å². The van der Waals surface area contributed by atoms with Gasteiger partial charge in [0.05, 0.1) is 22.0 Å². The van der Waals surface area contributed by atoms with E-state index in [1.54, 1.807) is 18.3 Å². The Kier molecular flexibility index (Phi) is 6.36. The predicted octanol–water partition coefficient (Wildman–Crippen LogP) is 2.82. The van der Waals surface area contributed by atoms with Gasteiger partial charge >= 0.3 is 0 Å². The van der Waals surface area contributed by atoms with Crippen LogP contribution >= 0.6 is 15.9 Å². The number of nitrogens with zero attached hydrogens (tertiary/aromatic N) is 2. The van der Waals surface area contributed by atoms with Crippen LogP contribution in [-0.2, 0) is 9.84 Å². The van der Waals surface area contributed by atoms with Crippen molar-refractivity contribution < 1.29 is 13.5 Å². The summed E-state index contributed by atoms with van der Waals surface area (Å²) in [6.45, 7) is 3.98. The predicted molar refractivity (Wildman–Crippen MR) is 102 cm³/mol. The van der Waals surface area contributed by atoms with Crippen LogP contribution in [0.25, 0.3) is 0 Å². The third kappa shape index (κ3) is 5.38. The van der Waals surface area contributed by atoms with Crippen molar-refractivity contribution in [1.82, 2.24) is 9.97 Å². The summed E-state index contributed by atoms with van der Waals surface area (Å²) in [6, 6.07) is 6.30. The van der Waals surface area contributed by atoms with Gasteiger partial charge in [-0.25, -0.2) is 13.4 Å². The Labute approximate surface area is 156 Å². The molecule has 7 nitrogen and oxygen atoms in total. The smallest absolute Gasteiger partial charge is 0.229 e. The summed E-state index contributed by atoms with van der Waals surface area (Å²) in [5.41, 5.74) is 0.568. The second kappa shape index (κ2) is 8.11. The molecule has 1 aromatic carbocycles. The van der Waals surface area contributed by atoms with E-state index in [1.165, 1.54) is 12.1 Å². The van der Waals surface area contributed by atoms with Gasteiger partial charge in [0, 0.05) is 18.1 Å². The van der Waals surface area contributed by atoms with Gasteiger partial charge in [0.25, 0.3) is 0 Å². The highest BCUT2D eigenvalue weighted by Crippen LogP contribution is 2.24. The van der Waals surface area contributed by atoms with Gasteiger partial charge in [0.1, 0.15) is 5.82 Å². The van der Waals surface area contributed by atoms with Gasteiger partial charge in [0.15, 0.2) is 9.84 Å². The van der Waals surface area contributed by atoms with Crippen molar-refractivity contribution in [2.24, 2.45) is 5.92 Å². The first-order valence-electron chi connectivity index (χ1n) is 7.67. The largest absolute Gasteiger partial charge is 0.394 e. The third-order valence-electron chi connectivity index (χ3n) is 3.59. The van der Waals surface area contributed by atoms with E-state index in [0.29, 0.717) is 21.9 Å². The van der Waals surface area contributed by atoms with E-state index >= 15 is 0 Å². The quantitative estimate of drug-likeness (QED) is 0.622. The number of rotatable bonds is 7. The number of aromatic nitrogens is 2. The van der Waals surface area contributed by atoms with Crippen LogP contribution in [0.1, 0.15) is 13.8 Å². The second-order valence-corrected chi connectivity index (χ2v) is 8.86. The van der Waals surface area contributed by atoms with Crippen LogP contribution in [0, 0.1) is 5.92 Å². The van der Waals surface area contributed by atoms with Crippen LogP contribution in [0.15, 0.2) is 39.8 Å². The summed E-state index contributed by atoms with van der Waals surface area (Å²) >= 11 is 3.38. The molecule has 0 radical (unpaired) electrons. The highest BCUT2D eigenvalue weighted by molar-refractivity contribution is 9.10. The molecule has 0 fully saturated rings. The monoisotopic (exact) mass is 428 g/mol. The van der Waals surface area contributed by atoms with Gasteiger partial charge in [0.2, 0.25) is 5.95 Å². The second-order valence-electron chi connectivity index (χ2n) is 5.99. The summed E-state index contributed by atoms with van der Waals surface area (Å²) < 4.78 is 24.0. The number of hydrogen-bond acceptors (Lipinski definition) is 7. The lowest BCUT2D eigenvalue weighted by Crippen LogP contribution is -2.30. The average Bonchev–Trinajstić information content (AvgIpc) is 2.54. The Morgan fingerprint density at radius 1 is 1.32 bits per heavy atom. The van der Waals surface area contributed by atoms with Crippen LogP contribution in [-0.4, -0.2) is 42.4 Å². The van der Waals surface area contributed by atoms with E-state index in [2.05, 4.69) is 36.5 Å². The number of nitrogens with one attached hydrogen (secondary N) is 2. The standard InChI is InChI=1S/C16H21BrN4O3S/c1-10(2)14(9-22)20-15-13(17)8-18-16(21-15)19-11-5-4-6-12(7-11)25(3,23)24/h4-8,10,14,22H,9H2,1-3H3,(H2,18,19,20,21). The number of anilines is 3. The van der Waals surface area contributed by atoms with E-state index in [1.807, 2.05) is 13.8 Å². The maximum Gasteiger partial charge on any atom is 0.229 e. The zero-order valence-electron chi connectivity index (χ0n) is 14.2. The molecule has 1 heterocycles. The molecule has 0 bridgehead atoms. The Morgan fingerprint density at radius 2 is 2.04 bits per heavy atom. The molecule has 25 heavy (non-hydrogen) atoms. The normalized spacial score (nSPS) is 12.9. The lowest BCUT2D eigenvalue weighted by molar-refractivity contribution is 0.249. The number of benzene rings is 1. The van der Waals surface area contributed by atoms with Gasteiger partial charge in [-0.1, -0.05) is 19.9 Å². The van der Waals surface area contributed by atoms with Crippen molar-refractivity contribution in [1.29, 1.82) is 0 Å². The van der Waals surface area contributed by atoms with Crippen molar-refractivity contribution in [3.8, 4) is 0 Å². The summed E-state index contributed by atoms with van der Waals surface area (Å²) in [7, 11) is -3.29. The van der Waals surface area contributed by atoms with Crippen LogP contribution in [0.2, 0.25) is 0 Å². The molecular formula is C16H21BrN4O3S. The Hall–Kier alpha value is -1.71. The molecule has 0 spiro atoms. The third-order valence-corrected chi connectivity index (χ3v) is 5.28. The van der Waals surface area contributed by atoms with Gasteiger partial charge in [-0.3, -0.25) is 0 Å². The summed E-state index contributed by atoms with van der Waals surface area (Å²) in [5.74, 6) is 1.08. The summed E-state index contributed by atoms with van der Waals surface area (Å²) in [6.07, 6.45) is 2.75. The number of aliphatic hydroxyl groups is 1. The molecule has 0 amide bonds. The average molecular weight is 429 g/mol. The highest BCUT2D eigenvalue weighted by Gasteiger charge is 2.15. The lowest BCUT2D eigenvalue weighted by Gasteiger charge is -2.21. The first-order chi connectivity index (χ1) is 11.7. The minimum atomic E-state index is -3.29. The highest BCUT2D eigenvalue weighted by atomic mass is 79.9. The van der Waals surface area contributed by atoms with Gasteiger partial charge in [-0.2, -0.15) is 4.98 Å². The number of sulfone groups is 1. The van der Waals surface area contributed by atoms with Crippen molar-refractivity contribution in [2.75, 3.05) is 23.5 Å². The Morgan fingerprint density at radius 3 is 2.64 bits per heavy atom. The first-order valence-corrected chi connectivity index (χ1v) is 10.4. The molecule has 9 heteroatoms. The molecule has 0 aliphatic heterocycles. The SMILES string of the molecule is CC(C)C(CO)Nc1nc(Nc2cccc(S(C)(=O)=O)c2)ncc1Br. The molecule has 1 unspecified atom stereocenters. The fourth-order valence-electron chi connectivity index (χ4n) is 2.06. The molecule has 2 aromatic rings. The molecule has 0 saturated carbocycles. The molecule has 0 saturated heterocycles. The van der Waals surface area contributed by atoms with E-state index < -0.39 is 9.84 Å². The minimum Gasteiger partial charge on any atom is -0.394 e. The molecule has 3 N–H and O–H groups in total. The van der Waals surface area contributed by atoms with E-state index in [-0.39, 0.29) is 23.5 Å². The van der Waals surface area contributed by atoms with Crippen molar-refractivity contribution in [3.63, 3.8) is 0 Å². The van der Waals surface area contributed by atoms with Gasteiger partial charge < -0.3 is 15.7 Å². The fourth-order valence-corrected chi connectivity index (χ4v) is 3.03. The van der Waals surface area contributed by atoms with Crippen molar-refractivity contribution in [2.45, 2.75) is 24.8 Å². The molecule has 0 aliphatic carbocycles. The Bertz CT molecular complexity index is 843. The molecular weight excluding hydrogens is 408 g/mol. The van der Waals surface area contributed by atoms with Gasteiger partial charge in [-0.05, 0) is 40.0 Å². The first kappa shape index (κ1) is 19.6. The zero-order valence-corrected chi connectivity index (χ0v) is 16.6. The maximum absolute atomic E-state index is 11.7. The van der Waals surface area contributed by atoms with Crippen molar-refractivity contribution >= 4 is 43.2 Å². The van der Waals surface area contributed by atoms with Crippen LogP contribution in [0.4, 0.5) is 17.5 Å². The maximum atomic E-state index is 11.7. The lowest BCUT2D eigenvalue weighted by atomic mass is 10.1. The molecule has 1 atom stereocenters. The fraction of sp³-hybridized carbons (Fsp3) is 0.375. The number of aliphatic hydroxyl groups excluding tert-OH is 1. The topological polar surface area (TPSA) is 104 Å². The van der Waals surface area contributed by atoms with Crippen LogP contribution in [0.5, 0.6) is 0 Å². The molecule has 0 aliphatic rings. The zero-order chi connectivity index (χ0) is 18.6. The minimum absolute atomic E-state index is 0.0206. The van der Waals surface area contributed by atoms with Crippen LogP contribution < -0.4 is 10.6 Å². The van der Waals surface area contributed by atoms with E-state index in [0.717, 1.165) is 6.26 Å².